The third kappa shape index (κ3) is 5.45. The van der Waals surface area contributed by atoms with Crippen LogP contribution in [0.3, 0.4) is 0 Å². The van der Waals surface area contributed by atoms with Crippen LogP contribution in [-0.4, -0.2) is 83.5 Å². The first-order valence-corrected chi connectivity index (χ1v) is 9.35. The van der Waals surface area contributed by atoms with Gasteiger partial charge in [0.1, 0.15) is 0 Å². The predicted octanol–water partition coefficient (Wildman–Crippen LogP) is 0.796. The Hall–Kier alpha value is -1.14. The maximum absolute atomic E-state index is 12.6. The van der Waals surface area contributed by atoms with E-state index in [1.165, 1.54) is 0 Å². The molecule has 6 nitrogen and oxygen atoms in total. The van der Waals surface area contributed by atoms with Crippen molar-refractivity contribution in [1.29, 1.82) is 0 Å². The fraction of sp³-hybridized carbons (Fsp3) is 0.889. The van der Waals surface area contributed by atoms with Crippen molar-refractivity contribution in [2.45, 2.75) is 46.1 Å². The molecule has 2 aliphatic rings. The van der Waals surface area contributed by atoms with E-state index in [0.717, 1.165) is 32.5 Å². The van der Waals surface area contributed by atoms with E-state index in [2.05, 4.69) is 25.7 Å². The third-order valence-corrected chi connectivity index (χ3v) is 5.10. The molecule has 1 N–H and O–H groups in total. The molecule has 138 valence electrons. The first-order chi connectivity index (χ1) is 11.4. The summed E-state index contributed by atoms with van der Waals surface area (Å²) in [4.78, 5) is 30.7. The largest absolute Gasteiger partial charge is 0.389 e. The minimum atomic E-state index is -0.652. The molecular formula is C18H33N3O3. The minimum absolute atomic E-state index is 0.0174. The van der Waals surface area contributed by atoms with E-state index >= 15 is 0 Å². The number of β-amino-alcohol motifs (C(OH)–C–C–N with tert-alkyl or cyclic N) is 1. The molecule has 2 saturated heterocycles. The molecule has 0 aliphatic carbocycles. The van der Waals surface area contributed by atoms with Gasteiger partial charge < -0.3 is 19.8 Å². The maximum atomic E-state index is 12.6. The summed E-state index contributed by atoms with van der Waals surface area (Å²) in [5.41, 5.74) is 0. The molecule has 0 aromatic heterocycles. The summed E-state index contributed by atoms with van der Waals surface area (Å²) < 4.78 is 0. The normalized spacial score (nSPS) is 24.5. The smallest absolute Gasteiger partial charge is 0.242 e. The molecule has 0 radical (unpaired) electrons. The molecule has 1 unspecified atom stereocenters. The van der Waals surface area contributed by atoms with Gasteiger partial charge in [-0.3, -0.25) is 9.59 Å². The number of piperidine rings is 1. The van der Waals surface area contributed by atoms with Gasteiger partial charge in [0.25, 0.3) is 0 Å². The standard InChI is InChI=1S/C18H33N3O3/c1-4-19-7-5-15(6-8-19)9-17(23)21-12-16(22)11-20(10-14(2)3)18(24)13-21/h14-16,22H,4-13H2,1-3H3. The number of aliphatic hydroxyl groups excluding tert-OH is 1. The summed E-state index contributed by atoms with van der Waals surface area (Å²) in [6.45, 7) is 10.8. The van der Waals surface area contributed by atoms with Crippen molar-refractivity contribution in [2.75, 3.05) is 45.8 Å². The average Bonchev–Trinajstić information content (AvgIpc) is 2.66. The van der Waals surface area contributed by atoms with Crippen LogP contribution < -0.4 is 0 Å². The molecule has 2 aliphatic heterocycles. The SMILES string of the molecule is CCN1CCC(CC(=O)N2CC(=O)N(CC(C)C)CC(O)C2)CC1. The van der Waals surface area contributed by atoms with Crippen LogP contribution in [0, 0.1) is 11.8 Å². The lowest BCUT2D eigenvalue weighted by atomic mass is 9.93. The quantitative estimate of drug-likeness (QED) is 0.805. The predicted molar refractivity (Wildman–Crippen MR) is 93.5 cm³/mol. The molecule has 6 heteroatoms. The first-order valence-electron chi connectivity index (χ1n) is 9.35. The van der Waals surface area contributed by atoms with Gasteiger partial charge in [-0.05, 0) is 44.3 Å². The molecule has 24 heavy (non-hydrogen) atoms. The fourth-order valence-electron chi connectivity index (χ4n) is 3.69. The number of aliphatic hydroxyl groups is 1. The highest BCUT2D eigenvalue weighted by atomic mass is 16.3. The number of rotatable bonds is 5. The molecule has 2 amide bonds. The lowest BCUT2D eigenvalue weighted by molar-refractivity contribution is -0.139. The molecule has 2 rings (SSSR count). The Kier molecular flexibility index (Phi) is 7.04. The van der Waals surface area contributed by atoms with Gasteiger partial charge >= 0.3 is 0 Å². The maximum Gasteiger partial charge on any atom is 0.242 e. The number of likely N-dealkylation sites (tertiary alicyclic amines) is 1. The number of amides is 2. The lowest BCUT2D eigenvalue weighted by Crippen LogP contribution is -2.42. The second kappa shape index (κ2) is 8.81. The summed E-state index contributed by atoms with van der Waals surface area (Å²) in [5.74, 6) is 0.730. The summed E-state index contributed by atoms with van der Waals surface area (Å²) in [7, 11) is 0. The Balaban J connectivity index is 1.88. The Labute approximate surface area is 145 Å². The Morgan fingerprint density at radius 2 is 1.92 bits per heavy atom. The summed E-state index contributed by atoms with van der Waals surface area (Å²) in [6, 6.07) is 0. The summed E-state index contributed by atoms with van der Waals surface area (Å²) >= 11 is 0. The highest BCUT2D eigenvalue weighted by molar-refractivity contribution is 5.85. The van der Waals surface area contributed by atoms with E-state index in [1.54, 1.807) is 9.80 Å². The number of nitrogens with zero attached hydrogens (tertiary/aromatic N) is 3. The zero-order valence-electron chi connectivity index (χ0n) is 15.4. The highest BCUT2D eigenvalue weighted by Gasteiger charge is 2.31. The molecule has 0 spiro atoms. The average molecular weight is 339 g/mol. The van der Waals surface area contributed by atoms with Gasteiger partial charge in [0.15, 0.2) is 0 Å². The van der Waals surface area contributed by atoms with Crippen molar-refractivity contribution < 1.29 is 14.7 Å². The van der Waals surface area contributed by atoms with Gasteiger partial charge in [0.2, 0.25) is 11.8 Å². The minimum Gasteiger partial charge on any atom is -0.389 e. The van der Waals surface area contributed by atoms with Crippen LogP contribution in [0.25, 0.3) is 0 Å². The molecule has 1 atom stereocenters. The number of hydrogen-bond acceptors (Lipinski definition) is 4. The number of hydrogen-bond donors (Lipinski definition) is 1. The molecule has 0 saturated carbocycles. The lowest BCUT2D eigenvalue weighted by Gasteiger charge is -2.32. The molecule has 0 aromatic rings. The Bertz CT molecular complexity index is 433. The first kappa shape index (κ1) is 19.2. The van der Waals surface area contributed by atoms with Crippen molar-refractivity contribution in [1.82, 2.24) is 14.7 Å². The van der Waals surface area contributed by atoms with Crippen LogP contribution in [0.4, 0.5) is 0 Å². The molecule has 2 heterocycles. The van der Waals surface area contributed by atoms with Gasteiger partial charge in [-0.1, -0.05) is 20.8 Å². The highest BCUT2D eigenvalue weighted by Crippen LogP contribution is 2.22. The van der Waals surface area contributed by atoms with E-state index in [4.69, 9.17) is 0 Å². The van der Waals surface area contributed by atoms with Crippen LogP contribution in [-0.2, 0) is 9.59 Å². The van der Waals surface area contributed by atoms with Gasteiger partial charge in [-0.2, -0.15) is 0 Å². The van der Waals surface area contributed by atoms with Crippen LogP contribution in [0.2, 0.25) is 0 Å². The van der Waals surface area contributed by atoms with Crippen molar-refractivity contribution in [3.63, 3.8) is 0 Å². The van der Waals surface area contributed by atoms with Crippen LogP contribution in [0.15, 0.2) is 0 Å². The van der Waals surface area contributed by atoms with Crippen molar-refractivity contribution in [3.8, 4) is 0 Å². The van der Waals surface area contributed by atoms with E-state index in [0.29, 0.717) is 31.3 Å². The molecule has 2 fully saturated rings. The van der Waals surface area contributed by atoms with Crippen LogP contribution in [0.1, 0.15) is 40.0 Å². The third-order valence-electron chi connectivity index (χ3n) is 5.10. The van der Waals surface area contributed by atoms with E-state index in [9.17, 15) is 14.7 Å². The second-order valence-corrected chi connectivity index (χ2v) is 7.70. The zero-order valence-corrected chi connectivity index (χ0v) is 15.4. The van der Waals surface area contributed by atoms with Gasteiger partial charge in [-0.15, -0.1) is 0 Å². The molecular weight excluding hydrogens is 306 g/mol. The zero-order chi connectivity index (χ0) is 17.7. The number of carbonyl (C=O) groups is 2. The van der Waals surface area contributed by atoms with Crippen molar-refractivity contribution in [3.05, 3.63) is 0 Å². The fourth-order valence-corrected chi connectivity index (χ4v) is 3.69. The van der Waals surface area contributed by atoms with E-state index in [-0.39, 0.29) is 24.9 Å². The number of carbonyl (C=O) groups excluding carboxylic acids is 2. The van der Waals surface area contributed by atoms with Gasteiger partial charge in [-0.25, -0.2) is 0 Å². The summed E-state index contributed by atoms with van der Waals surface area (Å²) in [5, 5.41) is 10.2. The second-order valence-electron chi connectivity index (χ2n) is 7.70. The van der Waals surface area contributed by atoms with E-state index in [1.807, 2.05) is 0 Å². The molecule has 0 bridgehead atoms. The molecule has 0 aromatic carbocycles. The summed E-state index contributed by atoms with van der Waals surface area (Å²) in [6.07, 6.45) is 1.94. The Morgan fingerprint density at radius 3 is 2.50 bits per heavy atom. The van der Waals surface area contributed by atoms with Crippen molar-refractivity contribution in [2.24, 2.45) is 11.8 Å². The topological polar surface area (TPSA) is 64.1 Å². The van der Waals surface area contributed by atoms with Crippen LogP contribution in [0.5, 0.6) is 0 Å². The Morgan fingerprint density at radius 1 is 1.25 bits per heavy atom. The van der Waals surface area contributed by atoms with Crippen molar-refractivity contribution >= 4 is 11.8 Å². The monoisotopic (exact) mass is 339 g/mol. The van der Waals surface area contributed by atoms with Gasteiger partial charge in [0, 0.05) is 26.1 Å². The van der Waals surface area contributed by atoms with Gasteiger partial charge in [0.05, 0.1) is 12.6 Å². The van der Waals surface area contributed by atoms with Crippen LogP contribution >= 0.6 is 0 Å². The van der Waals surface area contributed by atoms with E-state index < -0.39 is 6.10 Å².